The minimum Gasteiger partial charge on any atom is -0.301 e. The fraction of sp³-hybridized carbons (Fsp3) is 0.500. The molecule has 0 saturated carbocycles. The van der Waals surface area contributed by atoms with Gasteiger partial charge in [-0.2, -0.15) is 0 Å². The van der Waals surface area contributed by atoms with Gasteiger partial charge in [0.15, 0.2) is 0 Å². The largest absolute Gasteiger partial charge is 0.301 e. The Morgan fingerprint density at radius 1 is 2.00 bits per heavy atom. The van der Waals surface area contributed by atoms with Crippen molar-refractivity contribution < 1.29 is 9.63 Å². The highest BCUT2D eigenvalue weighted by atomic mass is 32.1. The quantitative estimate of drug-likeness (QED) is 0.319. The second-order valence-corrected chi connectivity index (χ2v) is 1.07. The molecule has 0 unspecified atom stereocenters. The van der Waals surface area contributed by atoms with Crippen LogP contribution in [0.15, 0.2) is 0 Å². The van der Waals surface area contributed by atoms with Crippen LogP contribution in [-0.4, -0.2) is 12.5 Å². The standard InChI is InChI=1S/C2H6N2O2S/c3-6-1-2(5)4-7/h7H,1,3H2,(H,4,5). The van der Waals surface area contributed by atoms with Crippen molar-refractivity contribution in [2.45, 2.75) is 0 Å². The van der Waals surface area contributed by atoms with Crippen molar-refractivity contribution in [3.8, 4) is 0 Å². The Bertz CT molecular complexity index is 66.7. The normalized spacial score (nSPS) is 8.29. The van der Waals surface area contributed by atoms with Gasteiger partial charge in [-0.25, -0.2) is 5.90 Å². The summed E-state index contributed by atoms with van der Waals surface area (Å²) >= 11 is 3.41. The first-order chi connectivity index (χ1) is 3.31. The minimum absolute atomic E-state index is 0.149. The maximum absolute atomic E-state index is 10.0. The van der Waals surface area contributed by atoms with Crippen LogP contribution in [0.25, 0.3) is 0 Å². The maximum Gasteiger partial charge on any atom is 0.257 e. The van der Waals surface area contributed by atoms with Crippen molar-refractivity contribution in [3.05, 3.63) is 0 Å². The number of hydrogen-bond donors (Lipinski definition) is 3. The number of nitrogens with one attached hydrogen (secondary N) is 1. The Hall–Kier alpha value is -0.260. The fourth-order valence-corrected chi connectivity index (χ4v) is 0.173. The molecule has 0 heterocycles. The van der Waals surface area contributed by atoms with Crippen LogP contribution in [0.3, 0.4) is 0 Å². The maximum atomic E-state index is 10.0. The molecule has 5 heteroatoms. The third-order valence-corrected chi connectivity index (χ3v) is 0.589. The van der Waals surface area contributed by atoms with Crippen molar-refractivity contribution in [2.75, 3.05) is 6.61 Å². The van der Waals surface area contributed by atoms with E-state index in [0.717, 1.165) is 0 Å². The highest BCUT2D eigenvalue weighted by molar-refractivity contribution is 7.78. The van der Waals surface area contributed by atoms with Gasteiger partial charge in [-0.15, -0.1) is 0 Å². The van der Waals surface area contributed by atoms with E-state index in [0.29, 0.717) is 0 Å². The summed E-state index contributed by atoms with van der Waals surface area (Å²) in [5.41, 5.74) is 0. The second kappa shape index (κ2) is 3.91. The molecular weight excluding hydrogens is 116 g/mol. The van der Waals surface area contributed by atoms with E-state index in [2.05, 4.69) is 23.5 Å². The van der Waals surface area contributed by atoms with Gasteiger partial charge in [0.05, 0.1) is 0 Å². The van der Waals surface area contributed by atoms with Gasteiger partial charge in [-0.1, -0.05) is 12.8 Å². The lowest BCUT2D eigenvalue weighted by Crippen LogP contribution is -2.21. The Morgan fingerprint density at radius 2 is 2.57 bits per heavy atom. The first kappa shape index (κ1) is 6.74. The first-order valence-corrected chi connectivity index (χ1v) is 2.00. The molecule has 0 aromatic rings. The van der Waals surface area contributed by atoms with E-state index in [1.165, 1.54) is 0 Å². The van der Waals surface area contributed by atoms with Crippen LogP contribution in [0.1, 0.15) is 0 Å². The molecule has 0 saturated heterocycles. The Kier molecular flexibility index (Phi) is 3.77. The Labute approximate surface area is 46.5 Å². The molecule has 0 aliphatic carbocycles. The number of nitrogens with two attached hydrogens (primary N) is 1. The summed E-state index contributed by atoms with van der Waals surface area (Å²) in [6.45, 7) is -0.149. The molecule has 0 aliphatic rings. The van der Waals surface area contributed by atoms with Crippen molar-refractivity contribution in [1.29, 1.82) is 0 Å². The average molecular weight is 122 g/mol. The predicted octanol–water partition coefficient (Wildman–Crippen LogP) is -1.16. The monoisotopic (exact) mass is 122 g/mol. The van der Waals surface area contributed by atoms with Gasteiger partial charge in [-0.05, 0) is 0 Å². The molecule has 0 bridgehead atoms. The van der Waals surface area contributed by atoms with Gasteiger partial charge < -0.3 is 4.72 Å². The SMILES string of the molecule is NOCC(=O)NS. The third-order valence-electron chi connectivity index (χ3n) is 0.339. The summed E-state index contributed by atoms with van der Waals surface area (Å²) in [5, 5.41) is 0. The number of rotatable bonds is 2. The zero-order valence-corrected chi connectivity index (χ0v) is 4.44. The van der Waals surface area contributed by atoms with Gasteiger partial charge >= 0.3 is 0 Å². The number of hydrogen-bond acceptors (Lipinski definition) is 4. The van der Waals surface area contributed by atoms with Gasteiger partial charge in [0.25, 0.3) is 5.91 Å². The van der Waals surface area contributed by atoms with Crippen molar-refractivity contribution >= 4 is 18.7 Å². The lowest BCUT2D eigenvalue weighted by Gasteiger charge is -1.91. The number of carbonyl (C=O) groups excluding carboxylic acids is 1. The minimum atomic E-state index is -0.356. The van der Waals surface area contributed by atoms with Crippen molar-refractivity contribution in [2.24, 2.45) is 5.90 Å². The van der Waals surface area contributed by atoms with Crippen LogP contribution in [0.4, 0.5) is 0 Å². The molecule has 4 nitrogen and oxygen atoms in total. The number of thiol groups is 1. The van der Waals surface area contributed by atoms with E-state index in [4.69, 9.17) is 0 Å². The predicted molar refractivity (Wildman–Crippen MR) is 27.3 cm³/mol. The molecular formula is C2H6N2O2S. The molecule has 0 aromatic carbocycles. The van der Waals surface area contributed by atoms with E-state index in [-0.39, 0.29) is 12.5 Å². The lowest BCUT2D eigenvalue weighted by molar-refractivity contribution is -0.123. The van der Waals surface area contributed by atoms with E-state index in [1.807, 2.05) is 4.72 Å². The molecule has 0 aromatic heterocycles. The van der Waals surface area contributed by atoms with E-state index < -0.39 is 0 Å². The highest BCUT2D eigenvalue weighted by Crippen LogP contribution is 1.65. The van der Waals surface area contributed by atoms with Crippen LogP contribution in [0.5, 0.6) is 0 Å². The molecule has 0 aliphatic heterocycles. The van der Waals surface area contributed by atoms with E-state index in [9.17, 15) is 4.79 Å². The number of amides is 1. The molecule has 0 spiro atoms. The highest BCUT2D eigenvalue weighted by Gasteiger charge is 1.92. The zero-order valence-electron chi connectivity index (χ0n) is 3.55. The topological polar surface area (TPSA) is 64.3 Å². The molecule has 0 fully saturated rings. The summed E-state index contributed by atoms with van der Waals surface area (Å²) in [5.74, 6) is 4.15. The summed E-state index contributed by atoms with van der Waals surface area (Å²) < 4.78 is 2.02. The smallest absolute Gasteiger partial charge is 0.257 e. The summed E-state index contributed by atoms with van der Waals surface area (Å²) in [4.78, 5) is 14.0. The third kappa shape index (κ3) is 3.57. The van der Waals surface area contributed by atoms with Crippen molar-refractivity contribution in [3.63, 3.8) is 0 Å². The van der Waals surface area contributed by atoms with Crippen LogP contribution in [-0.2, 0) is 9.63 Å². The average Bonchev–Trinajstić information content (AvgIpc) is 1.68. The lowest BCUT2D eigenvalue weighted by atomic mass is 10.7. The van der Waals surface area contributed by atoms with Crippen LogP contribution in [0.2, 0.25) is 0 Å². The summed E-state index contributed by atoms with van der Waals surface area (Å²) in [6, 6.07) is 0. The summed E-state index contributed by atoms with van der Waals surface area (Å²) in [6.07, 6.45) is 0. The second-order valence-electron chi connectivity index (χ2n) is 0.846. The van der Waals surface area contributed by atoms with Gasteiger partial charge in [0.2, 0.25) is 0 Å². The Balaban J connectivity index is 3.00. The van der Waals surface area contributed by atoms with E-state index in [1.54, 1.807) is 0 Å². The van der Waals surface area contributed by atoms with E-state index >= 15 is 0 Å². The van der Waals surface area contributed by atoms with Gasteiger partial charge in [-0.3, -0.25) is 9.63 Å². The summed E-state index contributed by atoms with van der Waals surface area (Å²) in [7, 11) is 0. The van der Waals surface area contributed by atoms with Crippen LogP contribution >= 0.6 is 12.8 Å². The fourth-order valence-electron chi connectivity index (χ4n) is 0.108. The van der Waals surface area contributed by atoms with Crippen LogP contribution in [0, 0.1) is 0 Å². The molecule has 0 rings (SSSR count). The number of carbonyl (C=O) groups is 1. The van der Waals surface area contributed by atoms with Gasteiger partial charge in [0.1, 0.15) is 6.61 Å². The molecule has 42 valence electrons. The van der Waals surface area contributed by atoms with Gasteiger partial charge in [0, 0.05) is 0 Å². The molecule has 1 amide bonds. The molecule has 7 heavy (non-hydrogen) atoms. The van der Waals surface area contributed by atoms with Crippen LogP contribution < -0.4 is 10.6 Å². The zero-order chi connectivity index (χ0) is 5.70. The molecule has 0 atom stereocenters. The molecule has 3 N–H and O–H groups in total. The first-order valence-electron chi connectivity index (χ1n) is 1.56. The molecule has 0 radical (unpaired) electrons. The van der Waals surface area contributed by atoms with Crippen molar-refractivity contribution in [1.82, 2.24) is 4.72 Å². The Morgan fingerprint density at radius 3 is 2.71 bits per heavy atom.